The Morgan fingerprint density at radius 1 is 1.15 bits per heavy atom. The number of piperidine rings is 1. The molecule has 6 heteroatoms. The summed E-state index contributed by atoms with van der Waals surface area (Å²) in [5, 5.41) is 3.48. The number of guanidine groups is 1. The first-order valence-electron chi connectivity index (χ1n) is 10.9. The van der Waals surface area contributed by atoms with E-state index in [2.05, 4.69) is 35.9 Å². The summed E-state index contributed by atoms with van der Waals surface area (Å²) in [6.45, 7) is 16.7. The van der Waals surface area contributed by atoms with Gasteiger partial charge in [0.1, 0.15) is 0 Å². The van der Waals surface area contributed by atoms with Crippen molar-refractivity contribution in [3.8, 4) is 0 Å². The fraction of sp³-hybridized carbons (Fsp3) is 0.952. The third-order valence-corrected chi connectivity index (χ3v) is 5.54. The molecule has 3 unspecified atom stereocenters. The van der Waals surface area contributed by atoms with Crippen molar-refractivity contribution < 1.29 is 9.47 Å². The lowest BCUT2D eigenvalue weighted by atomic mass is 9.92. The van der Waals surface area contributed by atoms with Crippen LogP contribution in [-0.2, 0) is 9.47 Å². The first-order chi connectivity index (χ1) is 13.1. The molecule has 1 N–H and O–H groups in total. The molecule has 3 atom stereocenters. The zero-order valence-electron chi connectivity index (χ0n) is 18.1. The van der Waals surface area contributed by atoms with Crippen molar-refractivity contribution in [1.82, 2.24) is 15.1 Å². The van der Waals surface area contributed by atoms with Crippen LogP contribution in [0.15, 0.2) is 4.99 Å². The molecule has 6 nitrogen and oxygen atoms in total. The third-order valence-electron chi connectivity index (χ3n) is 5.54. The van der Waals surface area contributed by atoms with Gasteiger partial charge in [-0.25, -0.2) is 0 Å². The summed E-state index contributed by atoms with van der Waals surface area (Å²) in [5.74, 6) is 3.35. The quantitative estimate of drug-likeness (QED) is 0.357. The van der Waals surface area contributed by atoms with Crippen molar-refractivity contribution >= 4 is 5.96 Å². The maximum Gasteiger partial charge on any atom is 0.193 e. The summed E-state index contributed by atoms with van der Waals surface area (Å²) in [4.78, 5) is 9.94. The number of nitrogens with zero attached hydrogens (tertiary/aromatic N) is 3. The van der Waals surface area contributed by atoms with E-state index >= 15 is 0 Å². The minimum atomic E-state index is 0.599. The Morgan fingerprint density at radius 2 is 1.93 bits per heavy atom. The molecule has 2 saturated heterocycles. The summed E-state index contributed by atoms with van der Waals surface area (Å²) in [6.07, 6.45) is 3.71. The standard InChI is InChI=1S/C21H42N4O2/c1-5-22-21(25-10-7-20(16-25)17-27-12-11-26-4)23-8-6-9-24-14-18(2)13-19(3)15-24/h18-20H,5-17H2,1-4H3,(H,22,23). The van der Waals surface area contributed by atoms with Crippen LogP contribution in [0.25, 0.3) is 0 Å². The molecule has 2 fully saturated rings. The Labute approximate surface area is 166 Å². The van der Waals surface area contributed by atoms with Crippen LogP contribution in [0, 0.1) is 17.8 Å². The van der Waals surface area contributed by atoms with Crippen LogP contribution in [0.5, 0.6) is 0 Å². The van der Waals surface area contributed by atoms with E-state index < -0.39 is 0 Å². The minimum Gasteiger partial charge on any atom is -0.382 e. The SMILES string of the molecule is CCNC(=NCCCN1CC(C)CC(C)C1)N1CCC(COCCOC)C1. The van der Waals surface area contributed by atoms with E-state index in [9.17, 15) is 0 Å². The number of aliphatic imine (C=N–C) groups is 1. The van der Waals surface area contributed by atoms with Crippen LogP contribution in [0.3, 0.4) is 0 Å². The number of likely N-dealkylation sites (tertiary alicyclic amines) is 2. The molecular weight excluding hydrogens is 340 g/mol. The zero-order chi connectivity index (χ0) is 19.5. The van der Waals surface area contributed by atoms with Crippen molar-refractivity contribution in [2.24, 2.45) is 22.7 Å². The Balaban J connectivity index is 1.70. The smallest absolute Gasteiger partial charge is 0.193 e. The minimum absolute atomic E-state index is 0.599. The third kappa shape index (κ3) is 8.36. The summed E-state index contributed by atoms with van der Waals surface area (Å²) in [7, 11) is 1.71. The lowest BCUT2D eigenvalue weighted by Gasteiger charge is -2.34. The molecule has 0 amide bonds. The van der Waals surface area contributed by atoms with Gasteiger partial charge in [-0.15, -0.1) is 0 Å². The molecular formula is C21H42N4O2. The number of hydrogen-bond donors (Lipinski definition) is 1. The van der Waals surface area contributed by atoms with Crippen molar-refractivity contribution in [3.05, 3.63) is 0 Å². The Bertz CT molecular complexity index is 422. The lowest BCUT2D eigenvalue weighted by molar-refractivity contribution is 0.0536. The van der Waals surface area contributed by atoms with Crippen molar-refractivity contribution in [2.75, 3.05) is 72.7 Å². The number of ether oxygens (including phenoxy) is 2. The number of nitrogens with one attached hydrogen (secondary N) is 1. The van der Waals surface area contributed by atoms with Gasteiger partial charge in [0.15, 0.2) is 5.96 Å². The molecule has 0 spiro atoms. The molecule has 0 aromatic carbocycles. The van der Waals surface area contributed by atoms with Gasteiger partial charge in [-0.2, -0.15) is 0 Å². The topological polar surface area (TPSA) is 49.3 Å². The second-order valence-electron chi connectivity index (χ2n) is 8.46. The lowest BCUT2D eigenvalue weighted by Crippen LogP contribution is -2.41. The number of rotatable bonds is 10. The molecule has 2 aliphatic heterocycles. The fourth-order valence-electron chi connectivity index (χ4n) is 4.43. The summed E-state index contributed by atoms with van der Waals surface area (Å²) in [5.41, 5.74) is 0. The first kappa shape index (κ1) is 22.4. The van der Waals surface area contributed by atoms with Crippen LogP contribution in [0.1, 0.15) is 40.0 Å². The highest BCUT2D eigenvalue weighted by Gasteiger charge is 2.25. The Morgan fingerprint density at radius 3 is 2.63 bits per heavy atom. The van der Waals surface area contributed by atoms with Crippen LogP contribution in [-0.4, -0.2) is 88.5 Å². The molecule has 0 radical (unpaired) electrons. The molecule has 27 heavy (non-hydrogen) atoms. The molecule has 0 bridgehead atoms. The van der Waals surface area contributed by atoms with Gasteiger partial charge in [0.25, 0.3) is 0 Å². The molecule has 2 aliphatic rings. The largest absolute Gasteiger partial charge is 0.382 e. The highest BCUT2D eigenvalue weighted by molar-refractivity contribution is 5.80. The van der Waals surface area contributed by atoms with E-state index in [1.54, 1.807) is 7.11 Å². The maximum atomic E-state index is 5.71. The Hall–Kier alpha value is -0.850. The van der Waals surface area contributed by atoms with Gasteiger partial charge in [0.05, 0.1) is 19.8 Å². The molecule has 2 rings (SSSR count). The predicted molar refractivity (Wildman–Crippen MR) is 112 cm³/mol. The highest BCUT2D eigenvalue weighted by Crippen LogP contribution is 2.21. The van der Waals surface area contributed by atoms with Crippen molar-refractivity contribution in [1.29, 1.82) is 0 Å². The Kier molecular flexibility index (Phi) is 10.5. The normalized spacial score (nSPS) is 27.3. The van der Waals surface area contributed by atoms with Crippen LogP contribution < -0.4 is 5.32 Å². The molecule has 0 saturated carbocycles. The molecule has 158 valence electrons. The van der Waals surface area contributed by atoms with Crippen LogP contribution in [0.4, 0.5) is 0 Å². The van der Waals surface area contributed by atoms with E-state index in [-0.39, 0.29) is 0 Å². The fourth-order valence-corrected chi connectivity index (χ4v) is 4.43. The van der Waals surface area contributed by atoms with Crippen molar-refractivity contribution in [2.45, 2.75) is 40.0 Å². The van der Waals surface area contributed by atoms with Gasteiger partial charge in [0.2, 0.25) is 0 Å². The maximum absolute atomic E-state index is 5.71. The van der Waals surface area contributed by atoms with E-state index in [0.29, 0.717) is 19.1 Å². The average Bonchev–Trinajstić information content (AvgIpc) is 3.09. The van der Waals surface area contributed by atoms with Crippen molar-refractivity contribution in [3.63, 3.8) is 0 Å². The molecule has 0 aromatic rings. The second-order valence-corrected chi connectivity index (χ2v) is 8.46. The van der Waals surface area contributed by atoms with Gasteiger partial charge < -0.3 is 24.6 Å². The summed E-state index contributed by atoms with van der Waals surface area (Å²) in [6, 6.07) is 0. The highest BCUT2D eigenvalue weighted by atomic mass is 16.5. The summed E-state index contributed by atoms with van der Waals surface area (Å²) >= 11 is 0. The van der Waals surface area contributed by atoms with Crippen LogP contribution in [0.2, 0.25) is 0 Å². The average molecular weight is 383 g/mol. The van der Waals surface area contributed by atoms with Crippen LogP contribution >= 0.6 is 0 Å². The van der Waals surface area contributed by atoms with E-state index in [4.69, 9.17) is 14.5 Å². The van der Waals surface area contributed by atoms with Gasteiger partial charge in [-0.3, -0.25) is 4.99 Å². The summed E-state index contributed by atoms with van der Waals surface area (Å²) < 4.78 is 10.8. The predicted octanol–water partition coefficient (Wildman–Crippen LogP) is 2.30. The van der Waals surface area contributed by atoms with Gasteiger partial charge in [-0.05, 0) is 44.6 Å². The van der Waals surface area contributed by atoms with E-state index in [1.807, 2.05) is 0 Å². The number of hydrogen-bond acceptors (Lipinski definition) is 4. The second kappa shape index (κ2) is 12.6. The first-order valence-corrected chi connectivity index (χ1v) is 10.9. The molecule has 0 aromatic heterocycles. The zero-order valence-corrected chi connectivity index (χ0v) is 18.1. The molecule has 0 aliphatic carbocycles. The monoisotopic (exact) mass is 382 g/mol. The number of methoxy groups -OCH3 is 1. The van der Waals surface area contributed by atoms with Gasteiger partial charge in [0, 0.05) is 52.3 Å². The van der Waals surface area contributed by atoms with Gasteiger partial charge in [-0.1, -0.05) is 13.8 Å². The van der Waals surface area contributed by atoms with Gasteiger partial charge >= 0.3 is 0 Å². The van der Waals surface area contributed by atoms with E-state index in [1.165, 1.54) is 32.5 Å². The van der Waals surface area contributed by atoms with E-state index in [0.717, 1.165) is 57.0 Å². The molecule has 2 heterocycles.